The highest BCUT2D eigenvalue weighted by molar-refractivity contribution is 7.15. The predicted octanol–water partition coefficient (Wildman–Crippen LogP) is 4.15. The third-order valence-corrected chi connectivity index (χ3v) is 7.18. The number of methoxy groups -OCH3 is 2. The van der Waals surface area contributed by atoms with Gasteiger partial charge in [0, 0.05) is 37.0 Å². The highest BCUT2D eigenvalue weighted by atomic mass is 32.1. The lowest BCUT2D eigenvalue weighted by Crippen LogP contribution is -2.31. The molecule has 2 aliphatic heterocycles. The maximum Gasteiger partial charge on any atom is 0.325 e. The Morgan fingerprint density at radius 3 is 2.60 bits per heavy atom. The average Bonchev–Trinajstić information content (AvgIpc) is 3.30. The molecule has 2 N–H and O–H groups in total. The van der Waals surface area contributed by atoms with Crippen molar-refractivity contribution in [2.45, 2.75) is 32.2 Å². The summed E-state index contributed by atoms with van der Waals surface area (Å²) in [5, 5.41) is 6.53. The van der Waals surface area contributed by atoms with Gasteiger partial charge in [-0.05, 0) is 31.4 Å². The topological polar surface area (TPSA) is 105 Å². The molecule has 1 fully saturated rings. The number of piperidine rings is 1. The van der Waals surface area contributed by atoms with E-state index >= 15 is 0 Å². The minimum absolute atomic E-state index is 0.262. The molecule has 0 atom stereocenters. The zero-order valence-corrected chi connectivity index (χ0v) is 20.7. The molecule has 0 bridgehead atoms. The standard InChI is InChI=1S/C24H29N7O3S/c1-33-21-14-20(27-23(28-21)34-2)31-13-10-17-19(15-31)35-24(26-17)29-22(32)25-16-8-4-5-9-18(16)30-11-6-3-7-12-30/h4-5,8-9,14H,3,6-7,10-13,15H2,1-2H3,(H2,25,26,29,32). The van der Waals surface area contributed by atoms with Crippen molar-refractivity contribution >= 4 is 39.7 Å². The Kier molecular flexibility index (Phi) is 6.84. The number of thiazole rings is 1. The highest BCUT2D eigenvalue weighted by Crippen LogP contribution is 2.32. The molecular weight excluding hydrogens is 466 g/mol. The number of fused-ring (bicyclic) bond motifs is 1. The molecular formula is C24H29N7O3S. The quantitative estimate of drug-likeness (QED) is 0.526. The van der Waals surface area contributed by atoms with Crippen LogP contribution in [0.3, 0.4) is 0 Å². The summed E-state index contributed by atoms with van der Waals surface area (Å²) in [5.74, 6) is 1.18. The van der Waals surface area contributed by atoms with Crippen LogP contribution in [0, 0.1) is 0 Å². The van der Waals surface area contributed by atoms with Gasteiger partial charge in [-0.3, -0.25) is 5.32 Å². The molecule has 1 aromatic carbocycles. The first-order valence-corrected chi connectivity index (χ1v) is 12.6. The lowest BCUT2D eigenvalue weighted by molar-refractivity contribution is 0.262. The summed E-state index contributed by atoms with van der Waals surface area (Å²) in [7, 11) is 3.10. The van der Waals surface area contributed by atoms with Crippen LogP contribution in [0.2, 0.25) is 0 Å². The van der Waals surface area contributed by atoms with Gasteiger partial charge in [-0.2, -0.15) is 9.97 Å². The van der Waals surface area contributed by atoms with E-state index in [1.54, 1.807) is 13.2 Å². The number of hydrogen-bond acceptors (Lipinski definition) is 9. The van der Waals surface area contributed by atoms with E-state index in [9.17, 15) is 4.79 Å². The molecule has 184 valence electrons. The number of aromatic nitrogens is 3. The van der Waals surface area contributed by atoms with Gasteiger partial charge in [0.25, 0.3) is 0 Å². The van der Waals surface area contributed by atoms with Gasteiger partial charge in [0.15, 0.2) is 5.13 Å². The number of urea groups is 1. The number of anilines is 4. The SMILES string of the molecule is COc1cc(N2CCc3nc(NC(=O)Nc4ccccc4N4CCCCC4)sc3C2)nc(OC)n1. The molecule has 2 amide bonds. The molecule has 2 aromatic heterocycles. The van der Waals surface area contributed by atoms with Crippen LogP contribution in [0.4, 0.5) is 27.1 Å². The van der Waals surface area contributed by atoms with E-state index in [1.165, 1.54) is 37.7 Å². The summed E-state index contributed by atoms with van der Waals surface area (Å²) >= 11 is 1.48. The normalized spacial score (nSPS) is 15.4. The van der Waals surface area contributed by atoms with Crippen LogP contribution in [-0.2, 0) is 13.0 Å². The molecule has 11 heteroatoms. The van der Waals surface area contributed by atoms with Crippen LogP contribution in [-0.4, -0.2) is 54.8 Å². The van der Waals surface area contributed by atoms with Crippen molar-refractivity contribution < 1.29 is 14.3 Å². The fourth-order valence-electron chi connectivity index (χ4n) is 4.44. The number of amides is 2. The van der Waals surface area contributed by atoms with Gasteiger partial charge in [0.05, 0.1) is 37.8 Å². The second kappa shape index (κ2) is 10.3. The Morgan fingerprint density at radius 1 is 0.971 bits per heavy atom. The maximum atomic E-state index is 12.8. The van der Waals surface area contributed by atoms with Crippen molar-refractivity contribution in [2.24, 2.45) is 0 Å². The Bertz CT molecular complexity index is 1170. The van der Waals surface area contributed by atoms with Crippen molar-refractivity contribution in [1.82, 2.24) is 15.0 Å². The van der Waals surface area contributed by atoms with Crippen LogP contribution in [0.25, 0.3) is 0 Å². The summed E-state index contributed by atoms with van der Waals surface area (Å²) in [4.78, 5) is 31.7. The van der Waals surface area contributed by atoms with Gasteiger partial charge < -0.3 is 24.6 Å². The minimum atomic E-state index is -0.289. The van der Waals surface area contributed by atoms with Gasteiger partial charge >= 0.3 is 12.0 Å². The zero-order valence-electron chi connectivity index (χ0n) is 19.9. The number of hydrogen-bond donors (Lipinski definition) is 2. The van der Waals surface area contributed by atoms with E-state index in [1.807, 2.05) is 18.2 Å². The van der Waals surface area contributed by atoms with Gasteiger partial charge in [0.2, 0.25) is 5.88 Å². The second-order valence-corrected chi connectivity index (χ2v) is 9.54. The molecule has 3 aromatic rings. The molecule has 1 saturated heterocycles. The number of carbonyl (C=O) groups is 1. The van der Waals surface area contributed by atoms with Crippen molar-refractivity contribution in [1.29, 1.82) is 0 Å². The van der Waals surface area contributed by atoms with Crippen LogP contribution in [0.15, 0.2) is 30.3 Å². The number of rotatable bonds is 6. The number of para-hydroxylation sites is 2. The molecule has 0 aliphatic carbocycles. The van der Waals surface area contributed by atoms with Crippen molar-refractivity contribution in [3.05, 3.63) is 40.9 Å². The Labute approximate surface area is 208 Å². The van der Waals surface area contributed by atoms with E-state index in [0.717, 1.165) is 53.8 Å². The number of nitrogens with zero attached hydrogens (tertiary/aromatic N) is 5. The summed E-state index contributed by atoms with van der Waals surface area (Å²) in [6.07, 6.45) is 4.37. The van der Waals surface area contributed by atoms with Gasteiger partial charge in [-0.15, -0.1) is 0 Å². The van der Waals surface area contributed by atoms with E-state index in [0.29, 0.717) is 17.6 Å². The fraction of sp³-hybridized carbons (Fsp3) is 0.417. The first-order chi connectivity index (χ1) is 17.1. The van der Waals surface area contributed by atoms with Crippen LogP contribution in [0.5, 0.6) is 11.9 Å². The van der Waals surface area contributed by atoms with E-state index < -0.39 is 0 Å². The molecule has 0 unspecified atom stereocenters. The largest absolute Gasteiger partial charge is 0.481 e. The molecule has 0 saturated carbocycles. The van der Waals surface area contributed by atoms with Crippen molar-refractivity contribution in [3.63, 3.8) is 0 Å². The van der Waals surface area contributed by atoms with Gasteiger partial charge in [0.1, 0.15) is 5.82 Å². The average molecular weight is 496 g/mol. The monoisotopic (exact) mass is 495 g/mol. The predicted molar refractivity (Wildman–Crippen MR) is 137 cm³/mol. The molecule has 0 spiro atoms. The highest BCUT2D eigenvalue weighted by Gasteiger charge is 2.24. The summed E-state index contributed by atoms with van der Waals surface area (Å²) in [5.41, 5.74) is 2.88. The van der Waals surface area contributed by atoms with Crippen molar-refractivity contribution in [3.8, 4) is 11.9 Å². The Balaban J connectivity index is 1.26. The molecule has 2 aliphatic rings. The van der Waals surface area contributed by atoms with Gasteiger partial charge in [-0.25, -0.2) is 9.78 Å². The lowest BCUT2D eigenvalue weighted by atomic mass is 10.1. The van der Waals surface area contributed by atoms with Crippen LogP contribution in [0.1, 0.15) is 29.8 Å². The van der Waals surface area contributed by atoms with E-state index in [2.05, 4.69) is 41.5 Å². The van der Waals surface area contributed by atoms with E-state index in [4.69, 9.17) is 9.47 Å². The van der Waals surface area contributed by atoms with Gasteiger partial charge in [-0.1, -0.05) is 23.5 Å². The zero-order chi connectivity index (χ0) is 24.2. The van der Waals surface area contributed by atoms with Crippen LogP contribution < -0.4 is 29.9 Å². The molecule has 5 rings (SSSR count). The molecule has 0 radical (unpaired) electrons. The number of nitrogens with one attached hydrogen (secondary N) is 2. The maximum absolute atomic E-state index is 12.8. The number of benzene rings is 1. The first-order valence-electron chi connectivity index (χ1n) is 11.8. The summed E-state index contributed by atoms with van der Waals surface area (Å²) < 4.78 is 10.5. The summed E-state index contributed by atoms with van der Waals surface area (Å²) in [6, 6.07) is 9.72. The van der Waals surface area contributed by atoms with Crippen LogP contribution >= 0.6 is 11.3 Å². The second-order valence-electron chi connectivity index (χ2n) is 8.46. The number of carbonyl (C=O) groups excluding carboxylic acids is 1. The Morgan fingerprint density at radius 2 is 1.80 bits per heavy atom. The van der Waals surface area contributed by atoms with E-state index in [-0.39, 0.29) is 12.0 Å². The number of ether oxygens (including phenoxy) is 2. The fourth-order valence-corrected chi connectivity index (χ4v) is 5.45. The first kappa shape index (κ1) is 23.2. The van der Waals surface area contributed by atoms with Crippen molar-refractivity contribution in [2.75, 3.05) is 54.3 Å². The Hall–Kier alpha value is -3.60. The molecule has 10 nitrogen and oxygen atoms in total. The summed E-state index contributed by atoms with van der Waals surface area (Å²) in [6.45, 7) is 3.41. The third-order valence-electron chi connectivity index (χ3n) is 6.19. The minimum Gasteiger partial charge on any atom is -0.481 e. The molecule has 4 heterocycles. The third kappa shape index (κ3) is 5.24. The smallest absolute Gasteiger partial charge is 0.325 e. The molecule has 35 heavy (non-hydrogen) atoms. The lowest BCUT2D eigenvalue weighted by Gasteiger charge is -2.30.